The third-order valence-corrected chi connectivity index (χ3v) is 4.15. The van der Waals surface area contributed by atoms with Crippen molar-refractivity contribution in [1.82, 2.24) is 14.8 Å². The highest BCUT2D eigenvalue weighted by atomic mass is 16.2. The second-order valence-electron chi connectivity index (χ2n) is 6.07. The zero-order chi connectivity index (χ0) is 18.8. The van der Waals surface area contributed by atoms with E-state index in [1.165, 1.54) is 4.68 Å². The van der Waals surface area contributed by atoms with Gasteiger partial charge >= 0.3 is 0 Å². The normalized spacial score (nSPS) is 10.7. The number of rotatable bonds is 3. The topological polar surface area (TPSA) is 76.9 Å². The van der Waals surface area contributed by atoms with Crippen molar-refractivity contribution in [1.29, 1.82) is 0 Å². The maximum Gasteiger partial charge on any atom is 0.279 e. The van der Waals surface area contributed by atoms with Crippen LogP contribution in [0, 0.1) is 6.92 Å². The van der Waals surface area contributed by atoms with Gasteiger partial charge in [-0.3, -0.25) is 9.59 Å². The minimum atomic E-state index is -0.422. The third kappa shape index (κ3) is 3.20. The van der Waals surface area contributed by atoms with Crippen LogP contribution in [-0.4, -0.2) is 20.7 Å². The maximum absolute atomic E-state index is 12.9. The van der Waals surface area contributed by atoms with Gasteiger partial charge in [-0.15, -0.1) is 0 Å². The molecule has 0 saturated heterocycles. The quantitative estimate of drug-likeness (QED) is 0.611. The lowest BCUT2D eigenvalue weighted by Crippen LogP contribution is -2.26. The van der Waals surface area contributed by atoms with Gasteiger partial charge in [-0.1, -0.05) is 42.5 Å². The van der Waals surface area contributed by atoms with E-state index < -0.39 is 5.91 Å². The van der Waals surface area contributed by atoms with E-state index in [1.54, 1.807) is 42.5 Å². The lowest BCUT2D eigenvalue weighted by Gasteiger charge is -2.11. The number of carbonyl (C=O) groups is 1. The van der Waals surface area contributed by atoms with Crippen LogP contribution in [0.4, 0.5) is 5.82 Å². The van der Waals surface area contributed by atoms with E-state index in [0.29, 0.717) is 22.3 Å². The lowest BCUT2D eigenvalue weighted by atomic mass is 10.1. The number of aromatic nitrogens is 3. The molecular weight excluding hydrogens is 340 g/mol. The Bertz CT molecular complexity index is 1200. The zero-order valence-corrected chi connectivity index (χ0v) is 14.6. The summed E-state index contributed by atoms with van der Waals surface area (Å²) < 4.78 is 1.25. The average molecular weight is 356 g/mol. The molecule has 0 aliphatic carbocycles. The summed E-state index contributed by atoms with van der Waals surface area (Å²) in [6.45, 7) is 1.85. The Morgan fingerprint density at radius 2 is 1.59 bits per heavy atom. The van der Waals surface area contributed by atoms with Crippen molar-refractivity contribution in [2.45, 2.75) is 6.92 Å². The first kappa shape index (κ1) is 16.7. The number of nitrogens with zero attached hydrogens (tertiary/aromatic N) is 3. The number of nitrogens with one attached hydrogen (secondary N) is 1. The van der Waals surface area contributed by atoms with E-state index in [9.17, 15) is 9.59 Å². The molecule has 2 aromatic heterocycles. The molecule has 0 atom stereocenters. The number of fused-ring (bicyclic) bond motifs is 1. The number of amides is 1. The number of hydrogen-bond acceptors (Lipinski definition) is 4. The molecular formula is C21H16N4O2. The van der Waals surface area contributed by atoms with Crippen molar-refractivity contribution in [3.8, 4) is 5.69 Å². The highest BCUT2D eigenvalue weighted by Crippen LogP contribution is 2.16. The fourth-order valence-corrected chi connectivity index (χ4v) is 2.89. The molecule has 4 aromatic rings. The molecule has 0 spiro atoms. The number of benzene rings is 2. The van der Waals surface area contributed by atoms with Gasteiger partial charge in [0.25, 0.3) is 11.5 Å². The molecule has 2 aromatic carbocycles. The summed E-state index contributed by atoms with van der Waals surface area (Å²) in [4.78, 5) is 30.1. The minimum Gasteiger partial charge on any atom is -0.305 e. The number of aryl methyl sites for hydroxylation is 1. The standard InChI is InChI=1S/C21H16N4O2/c1-14-8-7-13-18(22-14)23-20(26)19-16-11-5-6-12-17(16)21(27)25(24-19)15-9-3-2-4-10-15/h2-13H,1H3,(H,22,23,26). The third-order valence-electron chi connectivity index (χ3n) is 4.15. The summed E-state index contributed by atoms with van der Waals surface area (Å²) in [6, 6.07) is 21.4. The first-order valence-corrected chi connectivity index (χ1v) is 8.46. The molecule has 0 radical (unpaired) electrons. The summed E-state index contributed by atoms with van der Waals surface area (Å²) >= 11 is 0. The molecule has 0 saturated carbocycles. The van der Waals surface area contributed by atoms with E-state index in [2.05, 4.69) is 15.4 Å². The summed E-state index contributed by atoms with van der Waals surface area (Å²) in [6.07, 6.45) is 0. The van der Waals surface area contributed by atoms with Crippen molar-refractivity contribution in [2.24, 2.45) is 0 Å². The Balaban J connectivity index is 1.88. The van der Waals surface area contributed by atoms with Crippen LogP contribution in [-0.2, 0) is 0 Å². The molecule has 4 rings (SSSR count). The molecule has 132 valence electrons. The van der Waals surface area contributed by atoms with E-state index in [1.807, 2.05) is 37.3 Å². The van der Waals surface area contributed by atoms with Crippen LogP contribution in [0.3, 0.4) is 0 Å². The predicted octanol–water partition coefficient (Wildman–Crippen LogP) is 3.34. The van der Waals surface area contributed by atoms with Crippen LogP contribution in [0.1, 0.15) is 16.2 Å². The second-order valence-corrected chi connectivity index (χ2v) is 6.07. The van der Waals surface area contributed by atoms with Crippen molar-refractivity contribution in [2.75, 3.05) is 5.32 Å². The van der Waals surface area contributed by atoms with Gasteiger partial charge in [0.05, 0.1) is 11.1 Å². The molecule has 1 amide bonds. The molecule has 1 N–H and O–H groups in total. The van der Waals surface area contributed by atoms with Gasteiger partial charge in [0, 0.05) is 11.1 Å². The highest BCUT2D eigenvalue weighted by Gasteiger charge is 2.18. The van der Waals surface area contributed by atoms with Gasteiger partial charge in [0.2, 0.25) is 0 Å². The summed E-state index contributed by atoms with van der Waals surface area (Å²) in [5.41, 5.74) is 1.27. The van der Waals surface area contributed by atoms with Gasteiger partial charge in [-0.25, -0.2) is 4.98 Å². The molecule has 27 heavy (non-hydrogen) atoms. The molecule has 0 fully saturated rings. The van der Waals surface area contributed by atoms with Crippen molar-refractivity contribution in [3.63, 3.8) is 0 Å². The first-order valence-electron chi connectivity index (χ1n) is 8.46. The Morgan fingerprint density at radius 1 is 0.889 bits per heavy atom. The fraction of sp³-hybridized carbons (Fsp3) is 0.0476. The van der Waals surface area contributed by atoms with Gasteiger partial charge < -0.3 is 5.32 Å². The van der Waals surface area contributed by atoms with Crippen LogP contribution in [0.15, 0.2) is 77.6 Å². The summed E-state index contributed by atoms with van der Waals surface area (Å²) in [5, 5.41) is 8.04. The monoisotopic (exact) mass is 356 g/mol. The van der Waals surface area contributed by atoms with Crippen molar-refractivity contribution < 1.29 is 4.79 Å². The number of carbonyl (C=O) groups excluding carboxylic acids is 1. The van der Waals surface area contributed by atoms with Crippen LogP contribution in [0.2, 0.25) is 0 Å². The van der Waals surface area contributed by atoms with Gasteiger partial charge in [0.15, 0.2) is 5.69 Å². The first-order chi connectivity index (χ1) is 13.1. The fourth-order valence-electron chi connectivity index (χ4n) is 2.89. The largest absolute Gasteiger partial charge is 0.305 e. The van der Waals surface area contributed by atoms with E-state index in [0.717, 1.165) is 5.69 Å². The van der Waals surface area contributed by atoms with Crippen LogP contribution < -0.4 is 10.9 Å². The molecule has 0 aliphatic rings. The van der Waals surface area contributed by atoms with Crippen molar-refractivity contribution >= 4 is 22.5 Å². The van der Waals surface area contributed by atoms with E-state index in [4.69, 9.17) is 0 Å². The number of para-hydroxylation sites is 1. The Hall–Kier alpha value is -3.80. The van der Waals surface area contributed by atoms with E-state index in [-0.39, 0.29) is 11.3 Å². The minimum absolute atomic E-state index is 0.164. The van der Waals surface area contributed by atoms with E-state index >= 15 is 0 Å². The number of pyridine rings is 1. The Morgan fingerprint density at radius 3 is 2.33 bits per heavy atom. The maximum atomic E-state index is 12.9. The molecule has 6 nitrogen and oxygen atoms in total. The van der Waals surface area contributed by atoms with Gasteiger partial charge in [-0.2, -0.15) is 9.78 Å². The Labute approximate surface area is 155 Å². The van der Waals surface area contributed by atoms with Crippen LogP contribution in [0.5, 0.6) is 0 Å². The molecule has 0 unspecified atom stereocenters. The SMILES string of the molecule is Cc1cccc(NC(=O)c2nn(-c3ccccc3)c(=O)c3ccccc23)n1. The van der Waals surface area contributed by atoms with Crippen LogP contribution in [0.25, 0.3) is 16.5 Å². The average Bonchev–Trinajstić information content (AvgIpc) is 2.69. The molecule has 0 bridgehead atoms. The van der Waals surface area contributed by atoms with Crippen molar-refractivity contribution in [3.05, 3.63) is 94.5 Å². The molecule has 2 heterocycles. The number of anilines is 1. The zero-order valence-electron chi connectivity index (χ0n) is 14.6. The van der Waals surface area contributed by atoms with Gasteiger partial charge in [-0.05, 0) is 37.3 Å². The smallest absolute Gasteiger partial charge is 0.279 e. The second kappa shape index (κ2) is 6.84. The molecule has 6 heteroatoms. The van der Waals surface area contributed by atoms with Gasteiger partial charge in [0.1, 0.15) is 5.82 Å². The number of hydrogen-bond donors (Lipinski definition) is 1. The molecule has 0 aliphatic heterocycles. The summed E-state index contributed by atoms with van der Waals surface area (Å²) in [5.74, 6) is 0.0114. The Kier molecular flexibility index (Phi) is 4.22. The summed E-state index contributed by atoms with van der Waals surface area (Å²) in [7, 11) is 0. The predicted molar refractivity (Wildman–Crippen MR) is 104 cm³/mol. The lowest BCUT2D eigenvalue weighted by molar-refractivity contribution is 0.102. The highest BCUT2D eigenvalue weighted by molar-refractivity contribution is 6.10. The van der Waals surface area contributed by atoms with Crippen LogP contribution >= 0.6 is 0 Å².